The van der Waals surface area contributed by atoms with Crippen LogP contribution < -0.4 is 0 Å². The summed E-state index contributed by atoms with van der Waals surface area (Å²) in [6, 6.07) is 12.5. The summed E-state index contributed by atoms with van der Waals surface area (Å²) in [4.78, 5) is 4.50. The van der Waals surface area contributed by atoms with Gasteiger partial charge in [0.2, 0.25) is 0 Å². The van der Waals surface area contributed by atoms with Crippen LogP contribution in [0.4, 0.5) is 0 Å². The second-order valence-electron chi connectivity index (χ2n) is 5.32. The lowest BCUT2D eigenvalue weighted by Gasteiger charge is -2.08. The molecule has 0 aliphatic carbocycles. The van der Waals surface area contributed by atoms with Crippen molar-refractivity contribution < 1.29 is 0 Å². The maximum Gasteiger partial charge on any atom is 0.140 e. The molecule has 3 heterocycles. The van der Waals surface area contributed by atoms with Crippen molar-refractivity contribution >= 4 is 22.1 Å². The van der Waals surface area contributed by atoms with Gasteiger partial charge in [0.25, 0.3) is 0 Å². The summed E-state index contributed by atoms with van der Waals surface area (Å²) in [5.41, 5.74) is 5.44. The molecule has 0 N–H and O–H groups in total. The third-order valence-corrected chi connectivity index (χ3v) is 3.88. The molecule has 0 bridgehead atoms. The maximum atomic E-state index is 4.50. The molecule has 0 aliphatic heterocycles. The molecule has 5 heteroatoms. The van der Waals surface area contributed by atoms with Crippen LogP contribution in [0.3, 0.4) is 0 Å². The van der Waals surface area contributed by atoms with Crippen molar-refractivity contribution in [2.45, 2.75) is 13.5 Å². The number of hydrogen-bond donors (Lipinski definition) is 0. The molecule has 0 radical (unpaired) electrons. The zero-order valence-electron chi connectivity index (χ0n) is 12.0. The Hall–Kier alpha value is -2.69. The Morgan fingerprint density at radius 3 is 2.95 bits per heavy atom. The minimum absolute atomic E-state index is 0.799. The van der Waals surface area contributed by atoms with E-state index in [2.05, 4.69) is 51.1 Å². The number of benzene rings is 1. The van der Waals surface area contributed by atoms with Crippen molar-refractivity contribution in [1.29, 1.82) is 0 Å². The fourth-order valence-electron chi connectivity index (χ4n) is 2.77. The average molecular weight is 277 g/mol. The van der Waals surface area contributed by atoms with Crippen LogP contribution in [0, 0.1) is 6.92 Å². The maximum absolute atomic E-state index is 4.50. The number of aromatic nitrogens is 5. The first kappa shape index (κ1) is 12.1. The van der Waals surface area contributed by atoms with Gasteiger partial charge in [-0.05, 0) is 42.8 Å². The summed E-state index contributed by atoms with van der Waals surface area (Å²) < 4.78 is 4.04. The van der Waals surface area contributed by atoms with E-state index in [9.17, 15) is 0 Å². The molecule has 0 atom stereocenters. The van der Waals surface area contributed by atoms with Gasteiger partial charge >= 0.3 is 0 Å². The van der Waals surface area contributed by atoms with Crippen molar-refractivity contribution in [1.82, 2.24) is 24.5 Å². The average Bonchev–Trinajstić information content (AvgIpc) is 3.01. The molecule has 104 valence electrons. The minimum atomic E-state index is 0.799. The largest absolute Gasteiger partial charge is 0.326 e. The highest BCUT2D eigenvalue weighted by Gasteiger charge is 2.08. The predicted octanol–water partition coefficient (Wildman–Crippen LogP) is 2.67. The van der Waals surface area contributed by atoms with Gasteiger partial charge < -0.3 is 4.57 Å². The van der Waals surface area contributed by atoms with E-state index in [1.165, 1.54) is 16.6 Å². The molecule has 21 heavy (non-hydrogen) atoms. The van der Waals surface area contributed by atoms with E-state index in [1.54, 1.807) is 4.68 Å². The molecule has 0 spiro atoms. The Morgan fingerprint density at radius 2 is 2.05 bits per heavy atom. The Bertz CT molecular complexity index is 948. The molecule has 1 aromatic carbocycles. The van der Waals surface area contributed by atoms with Gasteiger partial charge in [-0.3, -0.25) is 0 Å². The van der Waals surface area contributed by atoms with Crippen molar-refractivity contribution in [3.8, 4) is 0 Å². The topological polar surface area (TPSA) is 48.5 Å². The highest BCUT2D eigenvalue weighted by Crippen LogP contribution is 2.20. The fourth-order valence-corrected chi connectivity index (χ4v) is 2.77. The van der Waals surface area contributed by atoms with Crippen LogP contribution >= 0.6 is 0 Å². The van der Waals surface area contributed by atoms with Gasteiger partial charge in [0.05, 0.1) is 5.52 Å². The van der Waals surface area contributed by atoms with Crippen LogP contribution in [0.25, 0.3) is 22.1 Å². The number of pyridine rings is 1. The van der Waals surface area contributed by atoms with Crippen molar-refractivity contribution in [3.05, 3.63) is 53.9 Å². The summed E-state index contributed by atoms with van der Waals surface area (Å²) in [6.45, 7) is 2.92. The van der Waals surface area contributed by atoms with E-state index < -0.39 is 0 Å². The van der Waals surface area contributed by atoms with Gasteiger partial charge in [0.15, 0.2) is 0 Å². The first-order valence-electron chi connectivity index (χ1n) is 6.91. The van der Waals surface area contributed by atoms with E-state index >= 15 is 0 Å². The summed E-state index contributed by atoms with van der Waals surface area (Å²) in [7, 11) is 1.91. The van der Waals surface area contributed by atoms with Gasteiger partial charge in [0.1, 0.15) is 11.2 Å². The standard InChI is InChI=1S/C16H15N5/c1-11-8-13-4-3-7-17-16(13)21(11)10-12-5-6-14-15(9-12)20(2)19-18-14/h3-9H,10H2,1-2H3. The van der Waals surface area contributed by atoms with Crippen molar-refractivity contribution in [2.24, 2.45) is 7.05 Å². The van der Waals surface area contributed by atoms with E-state index in [0.29, 0.717) is 0 Å². The summed E-state index contributed by atoms with van der Waals surface area (Å²) >= 11 is 0. The molecule has 0 unspecified atom stereocenters. The Kier molecular flexibility index (Phi) is 2.54. The smallest absolute Gasteiger partial charge is 0.140 e. The van der Waals surface area contributed by atoms with E-state index in [-0.39, 0.29) is 0 Å². The molecule has 4 rings (SSSR count). The van der Waals surface area contributed by atoms with Gasteiger partial charge in [-0.15, -0.1) is 5.10 Å². The number of nitrogens with zero attached hydrogens (tertiary/aromatic N) is 5. The molecule has 5 nitrogen and oxygen atoms in total. The van der Waals surface area contributed by atoms with Crippen molar-refractivity contribution in [3.63, 3.8) is 0 Å². The van der Waals surface area contributed by atoms with Crippen molar-refractivity contribution in [2.75, 3.05) is 0 Å². The summed E-state index contributed by atoms with van der Waals surface area (Å²) in [5, 5.41) is 9.35. The summed E-state index contributed by atoms with van der Waals surface area (Å²) in [6.07, 6.45) is 1.84. The lowest BCUT2D eigenvalue weighted by Crippen LogP contribution is -2.02. The number of fused-ring (bicyclic) bond motifs is 2. The molecule has 0 saturated carbocycles. The molecule has 0 aliphatic rings. The van der Waals surface area contributed by atoms with Gasteiger partial charge in [-0.2, -0.15) is 0 Å². The second kappa shape index (κ2) is 4.41. The Labute approximate surface area is 121 Å². The molecular formula is C16H15N5. The zero-order chi connectivity index (χ0) is 14.4. The lowest BCUT2D eigenvalue weighted by molar-refractivity contribution is 0.735. The van der Waals surface area contributed by atoms with E-state index in [1.807, 2.05) is 25.4 Å². The monoisotopic (exact) mass is 277 g/mol. The van der Waals surface area contributed by atoms with E-state index in [4.69, 9.17) is 0 Å². The molecule has 0 amide bonds. The van der Waals surface area contributed by atoms with Crippen LogP contribution in [0.15, 0.2) is 42.6 Å². The highest BCUT2D eigenvalue weighted by molar-refractivity contribution is 5.78. The van der Waals surface area contributed by atoms with Crippen LogP contribution in [0.5, 0.6) is 0 Å². The van der Waals surface area contributed by atoms with Crippen LogP contribution in [-0.4, -0.2) is 24.5 Å². The quantitative estimate of drug-likeness (QED) is 0.566. The first-order chi connectivity index (χ1) is 10.2. The first-order valence-corrected chi connectivity index (χ1v) is 6.91. The Balaban J connectivity index is 1.82. The van der Waals surface area contributed by atoms with Gasteiger partial charge in [-0.25, -0.2) is 9.67 Å². The van der Waals surface area contributed by atoms with Crippen LogP contribution in [0.2, 0.25) is 0 Å². The van der Waals surface area contributed by atoms with Gasteiger partial charge in [0, 0.05) is 30.9 Å². The third kappa shape index (κ3) is 1.89. The molecule has 4 aromatic rings. The number of rotatable bonds is 2. The summed E-state index contributed by atoms with van der Waals surface area (Å²) in [5.74, 6) is 0. The number of hydrogen-bond acceptors (Lipinski definition) is 3. The fraction of sp³-hybridized carbons (Fsp3) is 0.188. The van der Waals surface area contributed by atoms with Crippen LogP contribution in [0.1, 0.15) is 11.3 Å². The lowest BCUT2D eigenvalue weighted by atomic mass is 10.2. The van der Waals surface area contributed by atoms with E-state index in [0.717, 1.165) is 23.2 Å². The molecule has 3 aromatic heterocycles. The molecule has 0 saturated heterocycles. The highest BCUT2D eigenvalue weighted by atomic mass is 15.4. The molecule has 0 fully saturated rings. The van der Waals surface area contributed by atoms with Gasteiger partial charge in [-0.1, -0.05) is 11.3 Å². The zero-order valence-corrected chi connectivity index (χ0v) is 12.0. The normalized spacial score (nSPS) is 11.5. The Morgan fingerprint density at radius 1 is 1.14 bits per heavy atom. The van der Waals surface area contributed by atoms with Crippen LogP contribution in [-0.2, 0) is 13.6 Å². The predicted molar refractivity (Wildman–Crippen MR) is 82.1 cm³/mol. The molecular weight excluding hydrogens is 262 g/mol. The second-order valence-corrected chi connectivity index (χ2v) is 5.32. The SMILES string of the molecule is Cc1cc2cccnc2n1Cc1ccc2nnn(C)c2c1. The number of aryl methyl sites for hydroxylation is 2. The minimum Gasteiger partial charge on any atom is -0.326 e. The third-order valence-electron chi connectivity index (χ3n) is 3.88.